The molecule has 5 nitrogen and oxygen atoms in total. The summed E-state index contributed by atoms with van der Waals surface area (Å²) in [6.07, 6.45) is 0.849. The number of aliphatic imine (C=N–C) groups is 1. The fourth-order valence-corrected chi connectivity index (χ4v) is 4.60. The van der Waals surface area contributed by atoms with Crippen LogP contribution in [-0.2, 0) is 0 Å². The first-order valence-electron chi connectivity index (χ1n) is 9.08. The van der Waals surface area contributed by atoms with Gasteiger partial charge in [-0.05, 0) is 30.7 Å². The fraction of sp³-hybridized carbons (Fsp3) is 0.667. The Hall–Kier alpha value is -1.21. The molecule has 1 amide bonds. The summed E-state index contributed by atoms with van der Waals surface area (Å²) >= 11 is 3.54. The number of thiophene rings is 1. The van der Waals surface area contributed by atoms with Crippen molar-refractivity contribution in [3.05, 3.63) is 22.4 Å². The van der Waals surface area contributed by atoms with E-state index in [9.17, 15) is 4.79 Å². The van der Waals surface area contributed by atoms with Gasteiger partial charge in [0.05, 0.1) is 4.88 Å². The number of amides is 1. The largest absolute Gasteiger partial charge is 0.357 e. The highest BCUT2D eigenvalue weighted by molar-refractivity contribution is 8.00. The van der Waals surface area contributed by atoms with Crippen LogP contribution in [0.15, 0.2) is 22.5 Å². The average molecular weight is 383 g/mol. The number of nitrogens with zero attached hydrogens (tertiary/aromatic N) is 2. The minimum atomic E-state index is 0.0127. The predicted octanol–water partition coefficient (Wildman–Crippen LogP) is 2.91. The summed E-state index contributed by atoms with van der Waals surface area (Å²) in [6.45, 7) is 11.1. The van der Waals surface area contributed by atoms with Crippen molar-refractivity contribution in [3.8, 4) is 0 Å². The quantitative estimate of drug-likeness (QED) is 0.432. The molecule has 1 saturated heterocycles. The van der Waals surface area contributed by atoms with Gasteiger partial charge in [0.15, 0.2) is 5.96 Å². The lowest BCUT2D eigenvalue weighted by Gasteiger charge is -2.36. The molecule has 0 spiro atoms. The lowest BCUT2D eigenvalue weighted by Crippen LogP contribution is -2.49. The monoisotopic (exact) mass is 382 g/mol. The van der Waals surface area contributed by atoms with Gasteiger partial charge in [-0.1, -0.05) is 19.9 Å². The minimum absolute atomic E-state index is 0.0127. The normalized spacial score (nSPS) is 18.5. The van der Waals surface area contributed by atoms with Crippen LogP contribution in [0.1, 0.15) is 36.9 Å². The Kier molecular flexibility index (Phi) is 8.61. The second-order valence-corrected chi connectivity index (χ2v) is 8.72. The summed E-state index contributed by atoms with van der Waals surface area (Å²) in [7, 11) is 0. The number of hydrogen-bond donors (Lipinski definition) is 2. The second kappa shape index (κ2) is 10.7. The standard InChI is InChI=1S/C18H30N4OS2/c1-4-19-18(22-10-12-25-16(13-22)14(2)3)21-9-6-8-20-17(23)15-7-5-11-24-15/h5,7,11,14,16H,4,6,8-10,12-13H2,1-3H3,(H,19,21)(H,20,23). The maximum Gasteiger partial charge on any atom is 0.261 e. The van der Waals surface area contributed by atoms with Crippen LogP contribution in [0.25, 0.3) is 0 Å². The van der Waals surface area contributed by atoms with Crippen LogP contribution in [0.4, 0.5) is 0 Å². The van der Waals surface area contributed by atoms with Gasteiger partial charge in [0.25, 0.3) is 5.91 Å². The van der Waals surface area contributed by atoms with Crippen LogP contribution in [0, 0.1) is 5.92 Å². The van der Waals surface area contributed by atoms with Gasteiger partial charge in [0, 0.05) is 43.7 Å². The summed E-state index contributed by atoms with van der Waals surface area (Å²) < 4.78 is 0. The molecule has 1 aromatic heterocycles. The van der Waals surface area contributed by atoms with Crippen molar-refractivity contribution in [1.29, 1.82) is 0 Å². The maximum absolute atomic E-state index is 11.9. The summed E-state index contributed by atoms with van der Waals surface area (Å²) in [5, 5.41) is 8.96. The lowest BCUT2D eigenvalue weighted by atomic mass is 10.1. The average Bonchev–Trinajstić information content (AvgIpc) is 3.15. The molecule has 2 heterocycles. The zero-order chi connectivity index (χ0) is 18.1. The van der Waals surface area contributed by atoms with Crippen molar-refractivity contribution >= 4 is 35.0 Å². The molecule has 0 aromatic carbocycles. The van der Waals surface area contributed by atoms with E-state index in [-0.39, 0.29) is 5.91 Å². The third-order valence-electron chi connectivity index (χ3n) is 4.10. The Bertz CT molecular complexity index is 545. The first kappa shape index (κ1) is 20.1. The van der Waals surface area contributed by atoms with Crippen molar-refractivity contribution in [2.45, 2.75) is 32.4 Å². The van der Waals surface area contributed by atoms with E-state index in [2.05, 4.69) is 48.1 Å². The Labute approximate surface area is 159 Å². The molecule has 1 fully saturated rings. The fourth-order valence-electron chi connectivity index (χ4n) is 2.66. The Morgan fingerprint density at radius 2 is 2.28 bits per heavy atom. The molecule has 1 aromatic rings. The van der Waals surface area contributed by atoms with E-state index in [0.29, 0.717) is 17.7 Å². The molecule has 2 N–H and O–H groups in total. The van der Waals surface area contributed by atoms with Crippen LogP contribution in [0.3, 0.4) is 0 Å². The molecule has 1 atom stereocenters. The van der Waals surface area contributed by atoms with Gasteiger partial charge in [-0.15, -0.1) is 11.3 Å². The maximum atomic E-state index is 11.9. The highest BCUT2D eigenvalue weighted by Gasteiger charge is 2.24. The molecule has 0 aliphatic carbocycles. The number of hydrogen-bond acceptors (Lipinski definition) is 4. The van der Waals surface area contributed by atoms with E-state index in [4.69, 9.17) is 4.99 Å². The molecule has 1 aliphatic heterocycles. The topological polar surface area (TPSA) is 56.7 Å². The van der Waals surface area contributed by atoms with Crippen molar-refractivity contribution < 1.29 is 4.79 Å². The van der Waals surface area contributed by atoms with E-state index < -0.39 is 0 Å². The van der Waals surface area contributed by atoms with Gasteiger partial charge >= 0.3 is 0 Å². The van der Waals surface area contributed by atoms with Gasteiger partial charge in [-0.2, -0.15) is 11.8 Å². The van der Waals surface area contributed by atoms with Crippen LogP contribution in [0.2, 0.25) is 0 Å². The van der Waals surface area contributed by atoms with Crippen molar-refractivity contribution in [1.82, 2.24) is 15.5 Å². The predicted molar refractivity (Wildman–Crippen MR) is 110 cm³/mol. The van der Waals surface area contributed by atoms with E-state index in [1.54, 1.807) is 0 Å². The van der Waals surface area contributed by atoms with Crippen LogP contribution < -0.4 is 10.6 Å². The second-order valence-electron chi connectivity index (χ2n) is 6.42. The van der Waals surface area contributed by atoms with Gasteiger partial charge in [0.2, 0.25) is 0 Å². The van der Waals surface area contributed by atoms with E-state index in [1.165, 1.54) is 11.3 Å². The third kappa shape index (κ3) is 6.55. The van der Waals surface area contributed by atoms with E-state index in [1.807, 2.05) is 17.5 Å². The Morgan fingerprint density at radius 3 is 2.96 bits per heavy atom. The molecule has 140 valence electrons. The van der Waals surface area contributed by atoms with E-state index >= 15 is 0 Å². The van der Waals surface area contributed by atoms with Gasteiger partial charge in [-0.3, -0.25) is 9.79 Å². The summed E-state index contributed by atoms with van der Waals surface area (Å²) in [5.41, 5.74) is 0. The highest BCUT2D eigenvalue weighted by atomic mass is 32.2. The first-order chi connectivity index (χ1) is 12.1. The number of thioether (sulfide) groups is 1. The number of carbonyl (C=O) groups is 1. The first-order valence-corrected chi connectivity index (χ1v) is 11.0. The molecule has 1 unspecified atom stereocenters. The molecule has 2 rings (SSSR count). The van der Waals surface area contributed by atoms with Crippen LogP contribution in [0.5, 0.6) is 0 Å². The van der Waals surface area contributed by atoms with Crippen molar-refractivity contribution in [2.75, 3.05) is 38.5 Å². The van der Waals surface area contributed by atoms with E-state index in [0.717, 1.165) is 49.2 Å². The molecule has 0 radical (unpaired) electrons. The lowest BCUT2D eigenvalue weighted by molar-refractivity contribution is 0.0957. The molecule has 7 heteroatoms. The molecule has 25 heavy (non-hydrogen) atoms. The summed E-state index contributed by atoms with van der Waals surface area (Å²) in [5.74, 6) is 2.87. The number of rotatable bonds is 7. The van der Waals surface area contributed by atoms with Crippen LogP contribution in [-0.4, -0.2) is 60.5 Å². The molecule has 0 saturated carbocycles. The number of carbonyl (C=O) groups excluding carboxylic acids is 1. The summed E-state index contributed by atoms with van der Waals surface area (Å²) in [6, 6.07) is 3.74. The number of guanidine groups is 1. The van der Waals surface area contributed by atoms with Crippen LogP contribution >= 0.6 is 23.1 Å². The van der Waals surface area contributed by atoms with Crippen molar-refractivity contribution in [3.63, 3.8) is 0 Å². The molecular weight excluding hydrogens is 352 g/mol. The molecule has 1 aliphatic rings. The zero-order valence-corrected chi connectivity index (χ0v) is 17.1. The van der Waals surface area contributed by atoms with Gasteiger partial charge in [0.1, 0.15) is 0 Å². The Morgan fingerprint density at radius 1 is 1.44 bits per heavy atom. The van der Waals surface area contributed by atoms with Gasteiger partial charge in [-0.25, -0.2) is 0 Å². The SMILES string of the molecule is CCNC(=NCCCNC(=O)c1cccs1)N1CCSC(C(C)C)C1. The number of nitrogens with one attached hydrogen (secondary N) is 2. The van der Waals surface area contributed by atoms with Gasteiger partial charge < -0.3 is 15.5 Å². The van der Waals surface area contributed by atoms with Crippen molar-refractivity contribution in [2.24, 2.45) is 10.9 Å². The Balaban J connectivity index is 1.78. The smallest absolute Gasteiger partial charge is 0.261 e. The summed E-state index contributed by atoms with van der Waals surface area (Å²) in [4.78, 5) is 19.8. The third-order valence-corrected chi connectivity index (χ3v) is 6.51. The highest BCUT2D eigenvalue weighted by Crippen LogP contribution is 2.24. The zero-order valence-electron chi connectivity index (χ0n) is 15.5. The molecular formula is C18H30N4OS2. The minimum Gasteiger partial charge on any atom is -0.357 e. The molecule has 0 bridgehead atoms.